The monoisotopic (exact) mass is 398 g/mol. The number of carboxylic acids is 1. The van der Waals surface area contributed by atoms with E-state index in [1.807, 2.05) is 23.1 Å². The Morgan fingerprint density at radius 3 is 2.48 bits per heavy atom. The second kappa shape index (κ2) is 9.36. The van der Waals surface area contributed by atoms with Crippen molar-refractivity contribution in [1.82, 2.24) is 20.0 Å². The van der Waals surface area contributed by atoms with E-state index in [0.29, 0.717) is 43.7 Å². The fourth-order valence-electron chi connectivity index (χ4n) is 3.65. The molecule has 0 aliphatic carbocycles. The van der Waals surface area contributed by atoms with Crippen molar-refractivity contribution in [3.63, 3.8) is 0 Å². The number of aromatic nitrogens is 2. The van der Waals surface area contributed by atoms with Gasteiger partial charge < -0.3 is 15.3 Å². The Balaban J connectivity index is 1.40. The zero-order valence-electron chi connectivity index (χ0n) is 16.5. The van der Waals surface area contributed by atoms with Gasteiger partial charge >= 0.3 is 5.97 Å². The van der Waals surface area contributed by atoms with Crippen molar-refractivity contribution in [2.45, 2.75) is 38.6 Å². The summed E-state index contributed by atoms with van der Waals surface area (Å²) in [5.74, 6) is -1.02. The summed E-state index contributed by atoms with van der Waals surface area (Å²) in [6.07, 6.45) is 3.87. The van der Waals surface area contributed by atoms with Crippen molar-refractivity contribution >= 4 is 17.8 Å². The second-order valence-corrected chi connectivity index (χ2v) is 7.23. The predicted molar refractivity (Wildman–Crippen MR) is 107 cm³/mol. The first kappa shape index (κ1) is 20.6. The summed E-state index contributed by atoms with van der Waals surface area (Å²) in [6.45, 7) is 3.47. The minimum atomic E-state index is -0.972. The molecular formula is C21H26N4O4. The number of piperidine rings is 1. The summed E-state index contributed by atoms with van der Waals surface area (Å²) in [4.78, 5) is 37.4. The number of hydrogen-bond donors (Lipinski definition) is 2. The highest BCUT2D eigenvalue weighted by atomic mass is 16.4. The largest absolute Gasteiger partial charge is 0.478 e. The van der Waals surface area contributed by atoms with Gasteiger partial charge in [0.15, 0.2) is 0 Å². The lowest BCUT2D eigenvalue weighted by atomic mass is 10.0. The first-order valence-electron chi connectivity index (χ1n) is 9.86. The first-order chi connectivity index (χ1) is 14.0. The second-order valence-electron chi connectivity index (χ2n) is 7.23. The maximum atomic E-state index is 12.4. The van der Waals surface area contributed by atoms with E-state index >= 15 is 0 Å². The Labute approximate surface area is 169 Å². The molecular weight excluding hydrogens is 372 g/mol. The van der Waals surface area contributed by atoms with Crippen LogP contribution >= 0.6 is 0 Å². The van der Waals surface area contributed by atoms with Crippen LogP contribution in [0, 0.1) is 6.92 Å². The van der Waals surface area contributed by atoms with Crippen LogP contribution in [0.5, 0.6) is 0 Å². The van der Waals surface area contributed by atoms with Crippen LogP contribution in [0.1, 0.15) is 58.1 Å². The van der Waals surface area contributed by atoms with Gasteiger partial charge in [-0.1, -0.05) is 18.2 Å². The van der Waals surface area contributed by atoms with Gasteiger partial charge in [-0.05, 0) is 38.3 Å². The Morgan fingerprint density at radius 2 is 1.86 bits per heavy atom. The molecule has 2 N–H and O–H groups in total. The zero-order valence-corrected chi connectivity index (χ0v) is 16.5. The lowest BCUT2D eigenvalue weighted by Crippen LogP contribution is -2.39. The molecule has 3 rings (SSSR count). The molecule has 2 aromatic rings. The Hall–Kier alpha value is -3.16. The highest BCUT2D eigenvalue weighted by molar-refractivity contribution is 5.94. The standard InChI is InChI=1S/C21H26N4O4/c1-15-18(21(28)29)14-23-25(15)17-9-12-24(13-10-17)19(26)8-5-11-22-20(27)16-6-3-2-4-7-16/h2-4,6-7,14,17H,5,8-13H2,1H3,(H,22,27)(H,28,29). The summed E-state index contributed by atoms with van der Waals surface area (Å²) < 4.78 is 1.77. The lowest BCUT2D eigenvalue weighted by Gasteiger charge is -2.32. The third-order valence-corrected chi connectivity index (χ3v) is 5.33. The van der Waals surface area contributed by atoms with Crippen LogP contribution in [0.3, 0.4) is 0 Å². The minimum Gasteiger partial charge on any atom is -0.478 e. The van der Waals surface area contributed by atoms with Crippen LogP contribution in [0.25, 0.3) is 0 Å². The van der Waals surface area contributed by atoms with E-state index in [9.17, 15) is 14.4 Å². The topological polar surface area (TPSA) is 105 Å². The molecule has 2 heterocycles. The molecule has 1 aliphatic heterocycles. The summed E-state index contributed by atoms with van der Waals surface area (Å²) >= 11 is 0. The molecule has 0 spiro atoms. The summed E-state index contributed by atoms with van der Waals surface area (Å²) in [5, 5.41) is 16.2. The molecule has 1 aromatic heterocycles. The molecule has 1 fully saturated rings. The number of likely N-dealkylation sites (tertiary alicyclic amines) is 1. The van der Waals surface area contributed by atoms with Crippen molar-refractivity contribution in [2.75, 3.05) is 19.6 Å². The number of carbonyl (C=O) groups excluding carboxylic acids is 2. The maximum absolute atomic E-state index is 12.4. The molecule has 154 valence electrons. The Kier molecular flexibility index (Phi) is 6.64. The molecule has 0 unspecified atom stereocenters. The number of aromatic carboxylic acids is 1. The van der Waals surface area contributed by atoms with Gasteiger partial charge in [-0.2, -0.15) is 5.10 Å². The van der Waals surface area contributed by atoms with Crippen molar-refractivity contribution in [3.05, 3.63) is 53.3 Å². The van der Waals surface area contributed by atoms with Crippen molar-refractivity contribution in [1.29, 1.82) is 0 Å². The quantitative estimate of drug-likeness (QED) is 0.696. The number of carboxylic acid groups (broad SMARTS) is 1. The number of carbonyl (C=O) groups is 3. The summed E-state index contributed by atoms with van der Waals surface area (Å²) in [7, 11) is 0. The van der Waals surface area contributed by atoms with Crippen molar-refractivity contribution < 1.29 is 19.5 Å². The van der Waals surface area contributed by atoms with Gasteiger partial charge in [0.2, 0.25) is 5.91 Å². The molecule has 0 bridgehead atoms. The highest BCUT2D eigenvalue weighted by Gasteiger charge is 2.26. The third-order valence-electron chi connectivity index (χ3n) is 5.33. The number of rotatable bonds is 7. The molecule has 29 heavy (non-hydrogen) atoms. The normalized spacial score (nSPS) is 14.6. The van der Waals surface area contributed by atoms with Crippen LogP contribution in [0.2, 0.25) is 0 Å². The van der Waals surface area contributed by atoms with Gasteiger partial charge in [0.05, 0.1) is 17.9 Å². The van der Waals surface area contributed by atoms with Crippen LogP contribution in [-0.2, 0) is 4.79 Å². The van der Waals surface area contributed by atoms with E-state index < -0.39 is 5.97 Å². The zero-order chi connectivity index (χ0) is 20.8. The average Bonchev–Trinajstić information content (AvgIpc) is 3.13. The molecule has 1 saturated heterocycles. The number of amides is 2. The number of benzene rings is 1. The van der Waals surface area contributed by atoms with Crippen LogP contribution in [-0.4, -0.2) is 57.2 Å². The molecule has 2 amide bonds. The minimum absolute atomic E-state index is 0.0841. The first-order valence-corrected chi connectivity index (χ1v) is 9.86. The fraction of sp³-hybridized carbons (Fsp3) is 0.429. The molecule has 0 saturated carbocycles. The van der Waals surface area contributed by atoms with Gasteiger partial charge in [0.1, 0.15) is 5.56 Å². The number of nitrogens with zero attached hydrogens (tertiary/aromatic N) is 3. The van der Waals surface area contributed by atoms with E-state index in [-0.39, 0.29) is 23.4 Å². The average molecular weight is 398 g/mol. The Morgan fingerprint density at radius 1 is 1.17 bits per heavy atom. The van der Waals surface area contributed by atoms with E-state index in [1.165, 1.54) is 6.20 Å². The fourth-order valence-corrected chi connectivity index (χ4v) is 3.65. The SMILES string of the molecule is Cc1c(C(=O)O)cnn1C1CCN(C(=O)CCCNC(=O)c2ccccc2)CC1. The smallest absolute Gasteiger partial charge is 0.339 e. The van der Waals surface area contributed by atoms with Gasteiger partial charge in [0, 0.05) is 31.6 Å². The van der Waals surface area contributed by atoms with E-state index in [1.54, 1.807) is 23.7 Å². The molecule has 0 radical (unpaired) electrons. The van der Waals surface area contributed by atoms with Gasteiger partial charge in [-0.15, -0.1) is 0 Å². The van der Waals surface area contributed by atoms with Crippen LogP contribution in [0.4, 0.5) is 0 Å². The van der Waals surface area contributed by atoms with Gasteiger partial charge in [-0.3, -0.25) is 14.3 Å². The summed E-state index contributed by atoms with van der Waals surface area (Å²) in [5.41, 5.74) is 1.48. The summed E-state index contributed by atoms with van der Waals surface area (Å²) in [6, 6.07) is 9.11. The third kappa shape index (κ3) is 5.01. The molecule has 8 heteroatoms. The van der Waals surface area contributed by atoms with Crippen LogP contribution in [0.15, 0.2) is 36.5 Å². The van der Waals surface area contributed by atoms with E-state index in [2.05, 4.69) is 10.4 Å². The van der Waals surface area contributed by atoms with E-state index in [4.69, 9.17) is 5.11 Å². The molecule has 0 atom stereocenters. The predicted octanol–water partition coefficient (Wildman–Crippen LogP) is 2.26. The van der Waals surface area contributed by atoms with Crippen LogP contribution < -0.4 is 5.32 Å². The highest BCUT2D eigenvalue weighted by Crippen LogP contribution is 2.25. The lowest BCUT2D eigenvalue weighted by molar-refractivity contribution is -0.132. The molecule has 1 aliphatic rings. The van der Waals surface area contributed by atoms with Crippen molar-refractivity contribution in [2.24, 2.45) is 0 Å². The maximum Gasteiger partial charge on any atom is 0.339 e. The number of hydrogen-bond acceptors (Lipinski definition) is 4. The molecule has 8 nitrogen and oxygen atoms in total. The van der Waals surface area contributed by atoms with E-state index in [0.717, 1.165) is 12.8 Å². The van der Waals surface area contributed by atoms with Gasteiger partial charge in [-0.25, -0.2) is 4.79 Å². The van der Waals surface area contributed by atoms with Crippen molar-refractivity contribution in [3.8, 4) is 0 Å². The Bertz CT molecular complexity index is 870. The molecule has 1 aromatic carbocycles. The van der Waals surface area contributed by atoms with Gasteiger partial charge in [0.25, 0.3) is 5.91 Å². The number of nitrogens with one attached hydrogen (secondary N) is 1.